The minimum atomic E-state index is -0.831. The predicted octanol–water partition coefficient (Wildman–Crippen LogP) is 3.96. The number of carbonyl (C=O) groups excluding carboxylic acids is 1. The molecular weight excluding hydrogens is 440 g/mol. The Balaban J connectivity index is 1.30. The van der Waals surface area contributed by atoms with Crippen LogP contribution in [0.15, 0.2) is 36.4 Å². The van der Waals surface area contributed by atoms with Crippen LogP contribution in [0.4, 0.5) is 0 Å². The molecule has 0 bridgehead atoms. The van der Waals surface area contributed by atoms with E-state index < -0.39 is 6.10 Å². The zero-order valence-corrected chi connectivity index (χ0v) is 21.2. The van der Waals surface area contributed by atoms with Crippen molar-refractivity contribution in [1.82, 2.24) is 10.2 Å². The molecular formula is C29H38N2O4. The molecule has 1 aliphatic carbocycles. The Morgan fingerprint density at radius 1 is 1.17 bits per heavy atom. The molecule has 3 aliphatic rings. The lowest BCUT2D eigenvalue weighted by molar-refractivity contribution is -0.123. The van der Waals surface area contributed by atoms with Crippen LogP contribution < -0.4 is 14.8 Å². The molecule has 2 heterocycles. The molecule has 6 heteroatoms. The fourth-order valence-electron chi connectivity index (χ4n) is 5.76. The largest absolute Gasteiger partial charge is 0.486 e. The number of aliphatic hydroxyl groups excluding tert-OH is 1. The third-order valence-corrected chi connectivity index (χ3v) is 7.55. The molecule has 0 saturated carbocycles. The average Bonchev–Trinajstić information content (AvgIpc) is 3.47. The maximum Gasteiger partial charge on any atom is 0.220 e. The molecule has 188 valence electrons. The lowest BCUT2D eigenvalue weighted by Gasteiger charge is -2.34. The van der Waals surface area contributed by atoms with Gasteiger partial charge >= 0.3 is 0 Å². The normalized spacial score (nSPS) is 20.9. The van der Waals surface area contributed by atoms with E-state index in [-0.39, 0.29) is 17.6 Å². The Morgan fingerprint density at radius 3 is 2.54 bits per heavy atom. The summed E-state index contributed by atoms with van der Waals surface area (Å²) in [7, 11) is 0. The molecule has 1 saturated heterocycles. The second kappa shape index (κ2) is 9.82. The van der Waals surface area contributed by atoms with Crippen LogP contribution in [0.3, 0.4) is 0 Å². The molecule has 0 radical (unpaired) electrons. The Kier molecular flexibility index (Phi) is 6.78. The van der Waals surface area contributed by atoms with Gasteiger partial charge in [0.05, 0.1) is 6.04 Å². The van der Waals surface area contributed by atoms with Gasteiger partial charge in [-0.1, -0.05) is 24.3 Å². The van der Waals surface area contributed by atoms with Gasteiger partial charge in [0.2, 0.25) is 5.91 Å². The smallest absolute Gasteiger partial charge is 0.220 e. The highest BCUT2D eigenvalue weighted by molar-refractivity contribution is 5.77. The first kappa shape index (κ1) is 24.1. The molecule has 1 fully saturated rings. The van der Waals surface area contributed by atoms with Gasteiger partial charge in [0.1, 0.15) is 18.3 Å². The average molecular weight is 479 g/mol. The number of hydrogen-bond acceptors (Lipinski definition) is 5. The summed E-state index contributed by atoms with van der Waals surface area (Å²) < 4.78 is 12.1. The molecule has 1 amide bonds. The summed E-state index contributed by atoms with van der Waals surface area (Å²) in [5.74, 6) is 1.73. The Bertz CT molecular complexity index is 1050. The summed E-state index contributed by atoms with van der Waals surface area (Å²) >= 11 is 0. The third kappa shape index (κ3) is 5.49. The van der Waals surface area contributed by atoms with E-state index in [0.29, 0.717) is 31.2 Å². The number of ether oxygens (including phenoxy) is 2. The van der Waals surface area contributed by atoms with Crippen molar-refractivity contribution in [2.45, 2.75) is 70.6 Å². The molecule has 6 nitrogen and oxygen atoms in total. The number of fused-ring (bicyclic) bond motifs is 2. The number of nitrogens with one attached hydrogen (secondary N) is 1. The number of aliphatic hydroxyl groups is 1. The van der Waals surface area contributed by atoms with Gasteiger partial charge in [-0.05, 0) is 99.8 Å². The Morgan fingerprint density at radius 2 is 1.86 bits per heavy atom. The Hall–Kier alpha value is -2.57. The van der Waals surface area contributed by atoms with E-state index in [0.717, 1.165) is 55.6 Å². The monoisotopic (exact) mass is 478 g/mol. The zero-order valence-electron chi connectivity index (χ0n) is 21.2. The quantitative estimate of drug-likeness (QED) is 0.630. The number of likely N-dealkylation sites (tertiary alicyclic amines) is 1. The van der Waals surface area contributed by atoms with Crippen LogP contribution in [0.5, 0.6) is 11.5 Å². The van der Waals surface area contributed by atoms with Crippen molar-refractivity contribution in [2.75, 3.05) is 26.2 Å². The molecule has 0 spiro atoms. The van der Waals surface area contributed by atoms with Gasteiger partial charge in [-0.15, -0.1) is 0 Å². The number of rotatable bonds is 7. The van der Waals surface area contributed by atoms with Crippen molar-refractivity contribution in [2.24, 2.45) is 5.92 Å². The highest BCUT2D eigenvalue weighted by Crippen LogP contribution is 2.40. The van der Waals surface area contributed by atoms with E-state index in [1.807, 2.05) is 32.9 Å². The van der Waals surface area contributed by atoms with Crippen LogP contribution in [0.1, 0.15) is 61.5 Å². The van der Waals surface area contributed by atoms with Crippen molar-refractivity contribution in [3.05, 3.63) is 58.7 Å². The summed E-state index contributed by atoms with van der Waals surface area (Å²) in [6, 6.07) is 11.9. The van der Waals surface area contributed by atoms with Crippen LogP contribution >= 0.6 is 0 Å². The van der Waals surface area contributed by atoms with Gasteiger partial charge < -0.3 is 24.8 Å². The highest BCUT2D eigenvalue weighted by atomic mass is 16.6. The van der Waals surface area contributed by atoms with Crippen LogP contribution in [-0.2, 0) is 17.6 Å². The molecule has 35 heavy (non-hydrogen) atoms. The highest BCUT2D eigenvalue weighted by Gasteiger charge is 2.33. The number of benzene rings is 2. The maximum atomic E-state index is 13.2. The minimum absolute atomic E-state index is 0.0158. The van der Waals surface area contributed by atoms with Crippen molar-refractivity contribution >= 4 is 5.91 Å². The molecule has 2 unspecified atom stereocenters. The van der Waals surface area contributed by atoms with Gasteiger partial charge in [0.15, 0.2) is 11.5 Å². The number of hydrogen-bond donors (Lipinski definition) is 2. The van der Waals surface area contributed by atoms with Gasteiger partial charge in [-0.3, -0.25) is 4.79 Å². The molecule has 2 aliphatic heterocycles. The topological polar surface area (TPSA) is 71.0 Å². The second-order valence-electron chi connectivity index (χ2n) is 11.2. The lowest BCUT2D eigenvalue weighted by Crippen LogP contribution is -2.47. The van der Waals surface area contributed by atoms with Crippen LogP contribution in [-0.4, -0.2) is 53.8 Å². The summed E-state index contributed by atoms with van der Waals surface area (Å²) in [5.41, 5.74) is 4.01. The van der Waals surface area contributed by atoms with Crippen molar-refractivity contribution in [1.29, 1.82) is 0 Å². The van der Waals surface area contributed by atoms with E-state index in [1.54, 1.807) is 0 Å². The molecule has 5 rings (SSSR count). The standard InChI is InChI=1S/C29H38N2O4/c1-19-12-23(16-25-28(19)35-29(2,3)18-34-25)27(33)24(17-31-10-6-7-11-31)30-26(32)15-20-13-21-8-4-5-9-22(21)14-20/h4-5,8-9,12,16,20,24,27,33H,6-7,10-11,13-15,17-18H2,1-3H3,(H,30,32). The number of amides is 1. The van der Waals surface area contributed by atoms with Gasteiger partial charge in [-0.2, -0.15) is 0 Å². The SMILES string of the molecule is Cc1cc(C(O)C(CN2CCCC2)NC(=O)CC2Cc3ccccc3C2)cc2c1OC(C)(C)CO2. The van der Waals surface area contributed by atoms with Gasteiger partial charge in [-0.25, -0.2) is 0 Å². The first-order valence-corrected chi connectivity index (χ1v) is 13.0. The number of aryl methyl sites for hydroxylation is 1. The molecule has 2 N–H and O–H groups in total. The van der Waals surface area contributed by atoms with E-state index in [1.165, 1.54) is 11.1 Å². The molecule has 2 atom stereocenters. The molecule has 0 aromatic heterocycles. The maximum absolute atomic E-state index is 13.2. The van der Waals surface area contributed by atoms with E-state index in [2.05, 4.69) is 34.5 Å². The summed E-state index contributed by atoms with van der Waals surface area (Å²) in [5, 5.41) is 14.7. The van der Waals surface area contributed by atoms with Crippen LogP contribution in [0.2, 0.25) is 0 Å². The predicted molar refractivity (Wildman–Crippen MR) is 136 cm³/mol. The van der Waals surface area contributed by atoms with Crippen LogP contribution in [0.25, 0.3) is 0 Å². The number of carbonyl (C=O) groups is 1. The number of nitrogens with zero attached hydrogens (tertiary/aromatic N) is 1. The van der Waals surface area contributed by atoms with Crippen molar-refractivity contribution in [3.63, 3.8) is 0 Å². The molecule has 2 aromatic carbocycles. The van der Waals surface area contributed by atoms with Crippen LogP contribution in [0, 0.1) is 12.8 Å². The van der Waals surface area contributed by atoms with Crippen molar-refractivity contribution < 1.29 is 19.4 Å². The molecule has 2 aromatic rings. The van der Waals surface area contributed by atoms with Gasteiger partial charge in [0, 0.05) is 13.0 Å². The summed E-state index contributed by atoms with van der Waals surface area (Å²) in [6.07, 6.45) is 3.86. The van der Waals surface area contributed by atoms with E-state index in [4.69, 9.17) is 9.47 Å². The fraction of sp³-hybridized carbons (Fsp3) is 0.552. The first-order chi connectivity index (χ1) is 16.8. The van der Waals surface area contributed by atoms with E-state index in [9.17, 15) is 9.90 Å². The second-order valence-corrected chi connectivity index (χ2v) is 11.2. The summed E-state index contributed by atoms with van der Waals surface area (Å²) in [4.78, 5) is 15.5. The Labute approximate surface area is 208 Å². The van der Waals surface area contributed by atoms with Crippen molar-refractivity contribution in [3.8, 4) is 11.5 Å². The third-order valence-electron chi connectivity index (χ3n) is 7.55. The first-order valence-electron chi connectivity index (χ1n) is 13.0. The summed E-state index contributed by atoms with van der Waals surface area (Å²) in [6.45, 7) is 9.09. The van der Waals surface area contributed by atoms with Gasteiger partial charge in [0.25, 0.3) is 0 Å². The fourth-order valence-corrected chi connectivity index (χ4v) is 5.76. The van der Waals surface area contributed by atoms with E-state index >= 15 is 0 Å². The minimum Gasteiger partial charge on any atom is -0.486 e. The zero-order chi connectivity index (χ0) is 24.6. The lowest BCUT2D eigenvalue weighted by atomic mass is 9.97.